The molecule has 1 aromatic heterocycles. The van der Waals surface area contributed by atoms with Crippen LogP contribution in [0, 0.1) is 0 Å². The van der Waals surface area contributed by atoms with Crippen molar-refractivity contribution in [2.75, 3.05) is 5.32 Å². The van der Waals surface area contributed by atoms with Crippen LogP contribution in [0.25, 0.3) is 11.3 Å². The van der Waals surface area contributed by atoms with Crippen LogP contribution in [0.4, 0.5) is 5.69 Å². The fraction of sp³-hybridized carbons (Fsp3) is 0.185. The molecule has 1 N–H and O–H groups in total. The Balaban J connectivity index is 1.32. The van der Waals surface area contributed by atoms with Gasteiger partial charge in [-0.05, 0) is 54.8 Å². The van der Waals surface area contributed by atoms with Crippen LogP contribution < -0.4 is 5.32 Å². The van der Waals surface area contributed by atoms with E-state index >= 15 is 0 Å². The van der Waals surface area contributed by atoms with Crippen molar-refractivity contribution in [1.82, 2.24) is 9.55 Å². The van der Waals surface area contributed by atoms with E-state index in [1.807, 2.05) is 24.3 Å². The summed E-state index contributed by atoms with van der Waals surface area (Å²) in [6.07, 6.45) is 5.40. The molecule has 6 nitrogen and oxygen atoms in total. The van der Waals surface area contributed by atoms with Crippen LogP contribution >= 0.6 is 0 Å². The van der Waals surface area contributed by atoms with Gasteiger partial charge in [0.2, 0.25) is 0 Å². The minimum absolute atomic E-state index is 0.168. The number of nitrogens with one attached hydrogen (secondary N) is 1. The van der Waals surface area contributed by atoms with Crippen LogP contribution in [0.1, 0.15) is 34.6 Å². The fourth-order valence-electron chi connectivity index (χ4n) is 4.24. The maximum absolute atomic E-state index is 12.9. The summed E-state index contributed by atoms with van der Waals surface area (Å²) in [7, 11) is -3.49. The molecule has 172 valence electrons. The smallest absolute Gasteiger partial charge is 0.255 e. The highest BCUT2D eigenvalue weighted by Gasteiger charge is 2.17. The lowest BCUT2D eigenvalue weighted by Gasteiger charge is -2.11. The molecule has 5 rings (SSSR count). The molecule has 34 heavy (non-hydrogen) atoms. The van der Waals surface area contributed by atoms with Crippen molar-refractivity contribution in [2.45, 2.75) is 36.5 Å². The number of carbonyl (C=O) groups is 1. The van der Waals surface area contributed by atoms with E-state index < -0.39 is 9.84 Å². The van der Waals surface area contributed by atoms with Gasteiger partial charge in [-0.15, -0.1) is 0 Å². The summed E-state index contributed by atoms with van der Waals surface area (Å²) in [6, 6.07) is 22.7. The van der Waals surface area contributed by atoms with Crippen molar-refractivity contribution in [3.8, 4) is 11.3 Å². The predicted molar refractivity (Wildman–Crippen MR) is 132 cm³/mol. The van der Waals surface area contributed by atoms with Gasteiger partial charge in [-0.25, -0.2) is 13.4 Å². The first-order valence-corrected chi connectivity index (χ1v) is 13.0. The number of aryl methyl sites for hydroxylation is 2. The van der Waals surface area contributed by atoms with E-state index in [0.717, 1.165) is 36.5 Å². The Morgan fingerprint density at radius 2 is 1.76 bits per heavy atom. The van der Waals surface area contributed by atoms with Crippen molar-refractivity contribution in [3.05, 3.63) is 102 Å². The van der Waals surface area contributed by atoms with Crippen molar-refractivity contribution in [3.63, 3.8) is 0 Å². The minimum atomic E-state index is -3.49. The van der Waals surface area contributed by atoms with Crippen LogP contribution in [-0.2, 0) is 28.6 Å². The van der Waals surface area contributed by atoms with Crippen LogP contribution in [0.3, 0.4) is 0 Å². The highest BCUT2D eigenvalue weighted by molar-refractivity contribution is 7.90. The molecule has 3 aromatic carbocycles. The minimum Gasteiger partial charge on any atom is -0.334 e. The van der Waals surface area contributed by atoms with Gasteiger partial charge in [0, 0.05) is 36.0 Å². The average Bonchev–Trinajstić information content (AvgIpc) is 3.29. The van der Waals surface area contributed by atoms with Gasteiger partial charge in [0.1, 0.15) is 5.82 Å². The standard InChI is InChI=1S/C27H25N3O3S/c31-27(22-10-6-8-20(16-22)19-34(32,33)24-12-2-1-3-13-24)28-23-11-7-9-21(17-23)25-18-30-15-5-4-14-26(30)29-25/h1-3,6-13,16-18H,4-5,14-15,19H2,(H,28,31). The molecule has 1 aliphatic heterocycles. The van der Waals surface area contributed by atoms with Crippen molar-refractivity contribution in [2.24, 2.45) is 0 Å². The first kappa shape index (κ1) is 22.1. The van der Waals surface area contributed by atoms with Gasteiger partial charge in [0.15, 0.2) is 9.84 Å². The molecule has 4 aromatic rings. The molecule has 0 saturated carbocycles. The average molecular weight is 472 g/mol. The molecule has 1 aliphatic rings. The van der Waals surface area contributed by atoms with E-state index in [4.69, 9.17) is 4.98 Å². The Morgan fingerprint density at radius 1 is 0.941 bits per heavy atom. The Labute approximate surface area is 199 Å². The van der Waals surface area contributed by atoms with Crippen LogP contribution in [0.5, 0.6) is 0 Å². The van der Waals surface area contributed by atoms with Gasteiger partial charge < -0.3 is 9.88 Å². The summed E-state index contributed by atoms with van der Waals surface area (Å²) >= 11 is 0. The lowest BCUT2D eigenvalue weighted by atomic mass is 10.1. The number of fused-ring (bicyclic) bond motifs is 1. The second-order valence-corrected chi connectivity index (χ2v) is 10.5. The van der Waals surface area contributed by atoms with E-state index in [1.54, 1.807) is 54.6 Å². The monoisotopic (exact) mass is 471 g/mol. The maximum atomic E-state index is 12.9. The van der Waals surface area contributed by atoms with Crippen LogP contribution in [-0.4, -0.2) is 23.9 Å². The molecule has 7 heteroatoms. The van der Waals surface area contributed by atoms with E-state index in [0.29, 0.717) is 16.8 Å². The van der Waals surface area contributed by atoms with Gasteiger partial charge in [-0.1, -0.05) is 42.5 Å². The number of amides is 1. The topological polar surface area (TPSA) is 81.1 Å². The summed E-state index contributed by atoms with van der Waals surface area (Å²) in [4.78, 5) is 18.0. The summed E-state index contributed by atoms with van der Waals surface area (Å²) in [5, 5.41) is 2.93. The number of anilines is 1. The molecule has 0 bridgehead atoms. The van der Waals surface area contributed by atoms with Gasteiger partial charge in [-0.2, -0.15) is 0 Å². The molecule has 0 atom stereocenters. The Hall–Kier alpha value is -3.71. The Kier molecular flexibility index (Phi) is 6.02. The zero-order valence-electron chi connectivity index (χ0n) is 18.6. The fourth-order valence-corrected chi connectivity index (χ4v) is 5.60. The lowest BCUT2D eigenvalue weighted by Crippen LogP contribution is -2.13. The molecule has 1 amide bonds. The first-order chi connectivity index (χ1) is 16.5. The van der Waals surface area contributed by atoms with Gasteiger partial charge >= 0.3 is 0 Å². The van der Waals surface area contributed by atoms with Crippen LogP contribution in [0.2, 0.25) is 0 Å². The van der Waals surface area contributed by atoms with Gasteiger partial charge in [-0.3, -0.25) is 4.79 Å². The number of hydrogen-bond acceptors (Lipinski definition) is 4. The highest BCUT2D eigenvalue weighted by Crippen LogP contribution is 2.25. The quantitative estimate of drug-likeness (QED) is 0.424. The molecular formula is C27H25N3O3S. The van der Waals surface area contributed by atoms with Crippen molar-refractivity contribution < 1.29 is 13.2 Å². The number of rotatable bonds is 6. The number of carbonyl (C=O) groups excluding carboxylic acids is 1. The predicted octanol–water partition coefficient (Wildman–Crippen LogP) is 5.11. The van der Waals surface area contributed by atoms with E-state index in [1.165, 1.54) is 6.42 Å². The number of aromatic nitrogens is 2. The zero-order valence-corrected chi connectivity index (χ0v) is 19.5. The molecule has 2 heterocycles. The van der Waals surface area contributed by atoms with Crippen molar-refractivity contribution in [1.29, 1.82) is 0 Å². The van der Waals surface area contributed by atoms with Crippen molar-refractivity contribution >= 4 is 21.4 Å². The SMILES string of the molecule is O=C(Nc1cccc(-c2cn3c(n2)CCCC3)c1)c1cccc(CS(=O)(=O)c2ccccc2)c1. The number of imidazole rings is 1. The molecule has 0 spiro atoms. The number of nitrogens with zero attached hydrogens (tertiary/aromatic N) is 2. The Bertz CT molecular complexity index is 1420. The molecule has 0 saturated heterocycles. The molecule has 0 radical (unpaired) electrons. The maximum Gasteiger partial charge on any atom is 0.255 e. The Morgan fingerprint density at radius 3 is 2.59 bits per heavy atom. The third-order valence-corrected chi connectivity index (χ3v) is 7.68. The summed E-state index contributed by atoms with van der Waals surface area (Å²) in [5.41, 5.74) is 3.48. The normalized spacial score (nSPS) is 13.3. The highest BCUT2D eigenvalue weighted by atomic mass is 32.2. The largest absolute Gasteiger partial charge is 0.334 e. The van der Waals surface area contributed by atoms with E-state index in [9.17, 15) is 13.2 Å². The second-order valence-electron chi connectivity index (χ2n) is 8.50. The van der Waals surface area contributed by atoms with Crippen LogP contribution in [0.15, 0.2) is 90.0 Å². The number of sulfone groups is 1. The van der Waals surface area contributed by atoms with E-state index in [-0.39, 0.29) is 16.6 Å². The van der Waals surface area contributed by atoms with Gasteiger partial charge in [0.25, 0.3) is 5.91 Å². The third kappa shape index (κ3) is 4.79. The number of hydrogen-bond donors (Lipinski definition) is 1. The molecule has 0 aliphatic carbocycles. The molecule has 0 fully saturated rings. The second kappa shape index (κ2) is 9.27. The summed E-state index contributed by atoms with van der Waals surface area (Å²) in [5.74, 6) is 0.650. The third-order valence-electron chi connectivity index (χ3n) is 5.97. The van der Waals surface area contributed by atoms with Gasteiger partial charge in [0.05, 0.1) is 16.3 Å². The summed E-state index contributed by atoms with van der Waals surface area (Å²) < 4.78 is 27.6. The molecule has 0 unspecified atom stereocenters. The zero-order chi connectivity index (χ0) is 23.5. The van der Waals surface area contributed by atoms with E-state index in [2.05, 4.69) is 16.1 Å². The number of benzene rings is 3. The first-order valence-electron chi connectivity index (χ1n) is 11.3. The summed E-state index contributed by atoms with van der Waals surface area (Å²) in [6.45, 7) is 0.995. The molecular weight excluding hydrogens is 446 g/mol. The lowest BCUT2D eigenvalue weighted by molar-refractivity contribution is 0.102.